The quantitative estimate of drug-likeness (QED) is 0.177. The van der Waals surface area contributed by atoms with Crippen LogP contribution in [-0.2, 0) is 0 Å². The van der Waals surface area contributed by atoms with E-state index in [-0.39, 0.29) is 0 Å². The van der Waals surface area contributed by atoms with E-state index in [4.69, 9.17) is 0 Å². The van der Waals surface area contributed by atoms with E-state index in [1.54, 1.807) is 0 Å². The number of aromatic nitrogens is 3. The second-order valence-electron chi connectivity index (χ2n) is 14.9. The summed E-state index contributed by atoms with van der Waals surface area (Å²) in [6.45, 7) is 0. The third kappa shape index (κ3) is 4.08. The molecule has 12 aromatic rings. The summed E-state index contributed by atoms with van der Waals surface area (Å²) in [7, 11) is 0. The van der Waals surface area contributed by atoms with Crippen LogP contribution in [0.1, 0.15) is 0 Å². The van der Waals surface area contributed by atoms with Crippen LogP contribution < -0.4 is 0 Å². The van der Waals surface area contributed by atoms with Gasteiger partial charge in [-0.05, 0) is 105 Å². The maximum absolute atomic E-state index is 2.51. The molecular weight excluding hydrogens is 699 g/mol. The predicted molar refractivity (Wildman–Crippen MR) is 237 cm³/mol. The summed E-state index contributed by atoms with van der Waals surface area (Å²) in [5.41, 5.74) is 12.1. The first-order valence-corrected chi connectivity index (χ1v) is 20.0. The minimum atomic E-state index is 1.16. The number of benzene rings is 9. The SMILES string of the molecule is c1ccc(-n2c3ccc(-c4ccc5ccc(-n6c7ccccc7c7c8ccccc8ccc76)cc5c4)cc3c3c4cccc5c4n(c32)-c2ccccc2S5)cc1. The van der Waals surface area contributed by atoms with E-state index in [0.717, 1.165) is 5.69 Å². The average molecular weight is 730 g/mol. The van der Waals surface area contributed by atoms with Crippen LogP contribution in [0, 0.1) is 0 Å². The summed E-state index contributed by atoms with van der Waals surface area (Å²) in [5, 5.41) is 11.4. The third-order valence-electron chi connectivity index (χ3n) is 12.0. The number of fused-ring (bicyclic) bond motifs is 13. The molecule has 4 heterocycles. The Hall–Kier alpha value is -7.01. The lowest BCUT2D eigenvalue weighted by molar-refractivity contribution is 1.03. The van der Waals surface area contributed by atoms with Crippen molar-refractivity contribution in [2.45, 2.75) is 9.79 Å². The van der Waals surface area contributed by atoms with Gasteiger partial charge < -0.3 is 4.57 Å². The molecule has 0 amide bonds. The average Bonchev–Trinajstić information content (AvgIpc) is 3.90. The third-order valence-corrected chi connectivity index (χ3v) is 13.1. The van der Waals surface area contributed by atoms with Gasteiger partial charge in [0.05, 0.1) is 27.8 Å². The summed E-state index contributed by atoms with van der Waals surface area (Å²) in [5.74, 6) is 0. The molecule has 13 rings (SSSR count). The van der Waals surface area contributed by atoms with Gasteiger partial charge in [-0.15, -0.1) is 0 Å². The monoisotopic (exact) mass is 729 g/mol. The fraction of sp³-hybridized carbons (Fsp3) is 0. The molecule has 4 heteroatoms. The number of rotatable bonds is 3. The molecule has 0 radical (unpaired) electrons. The Labute approximate surface area is 326 Å². The van der Waals surface area contributed by atoms with Gasteiger partial charge >= 0.3 is 0 Å². The molecule has 0 N–H and O–H groups in total. The molecule has 1 aliphatic rings. The molecule has 56 heavy (non-hydrogen) atoms. The van der Waals surface area contributed by atoms with Crippen molar-refractivity contribution in [3.05, 3.63) is 188 Å². The molecular formula is C52H31N3S. The lowest BCUT2D eigenvalue weighted by atomic mass is 9.99. The van der Waals surface area contributed by atoms with E-state index < -0.39 is 0 Å². The predicted octanol–water partition coefficient (Wildman–Crippen LogP) is 14.3. The molecule has 0 atom stereocenters. The Morgan fingerprint density at radius 1 is 0.339 bits per heavy atom. The molecule has 260 valence electrons. The molecule has 9 aromatic carbocycles. The highest BCUT2D eigenvalue weighted by Crippen LogP contribution is 2.50. The molecule has 0 aliphatic carbocycles. The van der Waals surface area contributed by atoms with Crippen molar-refractivity contribution < 1.29 is 0 Å². The van der Waals surface area contributed by atoms with Crippen molar-refractivity contribution >= 4 is 88.0 Å². The second-order valence-corrected chi connectivity index (χ2v) is 16.0. The molecule has 3 aromatic heterocycles. The van der Waals surface area contributed by atoms with Crippen LogP contribution in [-0.4, -0.2) is 13.7 Å². The number of hydrogen-bond donors (Lipinski definition) is 0. The Morgan fingerprint density at radius 3 is 1.98 bits per heavy atom. The fourth-order valence-electron chi connectivity index (χ4n) is 9.57. The molecule has 0 unspecified atom stereocenters. The second kappa shape index (κ2) is 11.3. The van der Waals surface area contributed by atoms with Crippen molar-refractivity contribution in [2.24, 2.45) is 0 Å². The van der Waals surface area contributed by atoms with Gasteiger partial charge in [0.15, 0.2) is 0 Å². The number of nitrogens with zero attached hydrogens (tertiary/aromatic N) is 3. The van der Waals surface area contributed by atoms with Crippen LogP contribution in [0.3, 0.4) is 0 Å². The Morgan fingerprint density at radius 2 is 1.04 bits per heavy atom. The van der Waals surface area contributed by atoms with Crippen LogP contribution in [0.2, 0.25) is 0 Å². The highest BCUT2D eigenvalue weighted by Gasteiger charge is 2.28. The molecule has 0 fully saturated rings. The molecule has 0 saturated carbocycles. The maximum atomic E-state index is 2.51. The molecule has 3 nitrogen and oxygen atoms in total. The van der Waals surface area contributed by atoms with Crippen molar-refractivity contribution in [1.29, 1.82) is 0 Å². The van der Waals surface area contributed by atoms with Crippen molar-refractivity contribution in [2.75, 3.05) is 0 Å². The molecule has 0 bridgehead atoms. The zero-order valence-electron chi connectivity index (χ0n) is 30.1. The van der Waals surface area contributed by atoms with Gasteiger partial charge in [-0.1, -0.05) is 127 Å². The summed E-state index contributed by atoms with van der Waals surface area (Å²) in [4.78, 5) is 2.57. The van der Waals surface area contributed by atoms with Crippen molar-refractivity contribution in [1.82, 2.24) is 13.7 Å². The van der Waals surface area contributed by atoms with Gasteiger partial charge in [0, 0.05) is 48.1 Å². The van der Waals surface area contributed by atoms with E-state index in [9.17, 15) is 0 Å². The van der Waals surface area contributed by atoms with Crippen LogP contribution in [0.25, 0.3) is 104 Å². The lowest BCUT2D eigenvalue weighted by Crippen LogP contribution is -2.05. The highest BCUT2D eigenvalue weighted by atomic mass is 32.2. The van der Waals surface area contributed by atoms with Crippen LogP contribution in [0.15, 0.2) is 198 Å². The van der Waals surface area contributed by atoms with Crippen molar-refractivity contribution in [3.8, 4) is 28.2 Å². The normalized spacial score (nSPS) is 12.6. The summed E-state index contributed by atoms with van der Waals surface area (Å²) in [6.07, 6.45) is 0. The van der Waals surface area contributed by atoms with Gasteiger partial charge in [-0.25, -0.2) is 0 Å². The van der Waals surface area contributed by atoms with Crippen LogP contribution in [0.4, 0.5) is 0 Å². The number of hydrogen-bond acceptors (Lipinski definition) is 1. The van der Waals surface area contributed by atoms with Gasteiger partial charge in [-0.2, -0.15) is 0 Å². The fourth-order valence-corrected chi connectivity index (χ4v) is 10.7. The standard InChI is InChI=1S/C52H31N3S/c1-2-12-37(13-3-1)54-44-27-25-35(31-42(44)50-41-16-10-20-48-51(41)55(52(50)54)45-18-8-9-19-47(45)56-48)34-22-21-32-23-26-38(30-36(32)29-34)53-43-17-7-6-15-40(43)49-39-14-5-4-11-33(39)24-28-46(49)53/h1-31H. The van der Waals surface area contributed by atoms with E-state index in [1.807, 2.05) is 11.8 Å². The van der Waals surface area contributed by atoms with Gasteiger partial charge in [0.2, 0.25) is 0 Å². The van der Waals surface area contributed by atoms with Crippen LogP contribution in [0.5, 0.6) is 0 Å². The number of para-hydroxylation sites is 4. The topological polar surface area (TPSA) is 14.8 Å². The van der Waals surface area contributed by atoms with E-state index >= 15 is 0 Å². The lowest BCUT2D eigenvalue weighted by Gasteiger charge is -2.21. The van der Waals surface area contributed by atoms with E-state index in [0.29, 0.717) is 0 Å². The van der Waals surface area contributed by atoms with Crippen LogP contribution >= 0.6 is 11.8 Å². The van der Waals surface area contributed by atoms with Gasteiger partial charge in [0.1, 0.15) is 5.65 Å². The first kappa shape index (κ1) is 30.3. The van der Waals surface area contributed by atoms with E-state index in [1.165, 1.54) is 108 Å². The maximum Gasteiger partial charge on any atom is 0.131 e. The highest BCUT2D eigenvalue weighted by molar-refractivity contribution is 7.99. The summed E-state index contributed by atoms with van der Waals surface area (Å²) in [6, 6.07) is 69.4. The zero-order chi connectivity index (χ0) is 36.5. The molecule has 1 aliphatic heterocycles. The van der Waals surface area contributed by atoms with Gasteiger partial charge in [0.25, 0.3) is 0 Å². The largest absolute Gasteiger partial charge is 0.309 e. The molecule has 0 saturated heterocycles. The summed E-state index contributed by atoms with van der Waals surface area (Å²) < 4.78 is 7.41. The zero-order valence-corrected chi connectivity index (χ0v) is 31.0. The first-order valence-electron chi connectivity index (χ1n) is 19.2. The van der Waals surface area contributed by atoms with Crippen molar-refractivity contribution in [3.63, 3.8) is 0 Å². The Balaban J connectivity index is 1.04. The smallest absolute Gasteiger partial charge is 0.131 e. The first-order chi connectivity index (χ1) is 27.8. The minimum absolute atomic E-state index is 1.16. The van der Waals surface area contributed by atoms with Gasteiger partial charge in [-0.3, -0.25) is 9.13 Å². The molecule has 0 spiro atoms. The summed E-state index contributed by atoms with van der Waals surface area (Å²) >= 11 is 1.87. The minimum Gasteiger partial charge on any atom is -0.309 e. The van der Waals surface area contributed by atoms with E-state index in [2.05, 4.69) is 202 Å². The Bertz CT molecular complexity index is 3620. The Kier molecular flexibility index (Phi) is 6.10.